The van der Waals surface area contributed by atoms with Crippen molar-refractivity contribution < 1.29 is 19.1 Å². The van der Waals surface area contributed by atoms with Gasteiger partial charge in [-0.15, -0.1) is 0 Å². The summed E-state index contributed by atoms with van der Waals surface area (Å²) < 4.78 is 12.1. The molecule has 1 aliphatic heterocycles. The fourth-order valence-electron chi connectivity index (χ4n) is 2.85. The first-order valence-electron chi connectivity index (χ1n) is 9.43. The molecule has 158 valence electrons. The lowest BCUT2D eigenvalue weighted by molar-refractivity contribution is -0.122. The highest BCUT2D eigenvalue weighted by Gasteiger charge is 2.34. The minimum absolute atomic E-state index is 0.234. The lowest BCUT2D eigenvalue weighted by Crippen LogP contribution is -2.29. The van der Waals surface area contributed by atoms with E-state index in [2.05, 4.69) is 15.9 Å². The van der Waals surface area contributed by atoms with Crippen molar-refractivity contribution in [2.45, 2.75) is 26.4 Å². The van der Waals surface area contributed by atoms with Crippen LogP contribution in [0.4, 0.5) is 4.79 Å². The molecule has 0 aliphatic carbocycles. The molecule has 5 nitrogen and oxygen atoms in total. The van der Waals surface area contributed by atoms with Gasteiger partial charge in [-0.25, -0.2) is 0 Å². The summed E-state index contributed by atoms with van der Waals surface area (Å²) in [6.45, 7) is 2.75. The first-order valence-corrected chi connectivity index (χ1v) is 11.4. The molecule has 0 saturated carbocycles. The number of methoxy groups -OCH3 is 1. The highest BCUT2D eigenvalue weighted by atomic mass is 79.9. The van der Waals surface area contributed by atoms with Gasteiger partial charge in [0, 0.05) is 21.6 Å². The second-order valence-corrected chi connectivity index (χ2v) is 8.85. The number of amides is 2. The van der Waals surface area contributed by atoms with Crippen molar-refractivity contribution in [2.75, 3.05) is 13.7 Å². The Labute approximate surface area is 193 Å². The molecule has 8 heteroatoms. The average molecular weight is 511 g/mol. The first kappa shape index (κ1) is 22.7. The van der Waals surface area contributed by atoms with Crippen LogP contribution in [0.2, 0.25) is 5.02 Å². The van der Waals surface area contributed by atoms with Crippen LogP contribution in [0.5, 0.6) is 11.5 Å². The van der Waals surface area contributed by atoms with Crippen LogP contribution in [-0.2, 0) is 11.4 Å². The standard InChI is InChI=1S/C22H21BrClNO4S/c1-3-4-9-25-21(26)20(30-22(25)27)11-15-10-18(28-2)19(12-16(15)23)29-13-14-7-5-6-8-17(14)24/h5-8,10-12H,3-4,9,13H2,1-2H3/b20-11-. The Morgan fingerprint density at radius 3 is 2.67 bits per heavy atom. The summed E-state index contributed by atoms with van der Waals surface area (Å²) in [4.78, 5) is 26.4. The second-order valence-electron chi connectivity index (χ2n) is 6.59. The van der Waals surface area contributed by atoms with Crippen LogP contribution in [0.15, 0.2) is 45.8 Å². The monoisotopic (exact) mass is 509 g/mol. The zero-order valence-electron chi connectivity index (χ0n) is 16.6. The third-order valence-corrected chi connectivity index (χ3v) is 6.48. The number of thioether (sulfide) groups is 1. The lowest BCUT2D eigenvalue weighted by Gasteiger charge is -2.14. The number of hydrogen-bond donors (Lipinski definition) is 0. The molecular formula is C22H21BrClNO4S. The van der Waals surface area contributed by atoms with Crippen molar-refractivity contribution >= 4 is 56.5 Å². The van der Waals surface area contributed by atoms with E-state index in [4.69, 9.17) is 21.1 Å². The maximum atomic E-state index is 12.6. The molecule has 3 rings (SSSR count). The third kappa shape index (κ3) is 5.20. The fourth-order valence-corrected chi connectivity index (χ4v) is 4.34. The summed E-state index contributed by atoms with van der Waals surface area (Å²) in [5.41, 5.74) is 1.58. The van der Waals surface area contributed by atoms with Crippen LogP contribution in [0.3, 0.4) is 0 Å². The maximum Gasteiger partial charge on any atom is 0.293 e. The van der Waals surface area contributed by atoms with Gasteiger partial charge in [0.05, 0.1) is 12.0 Å². The van der Waals surface area contributed by atoms with E-state index < -0.39 is 0 Å². The Hall–Kier alpha value is -1.96. The summed E-state index contributed by atoms with van der Waals surface area (Å²) in [7, 11) is 1.55. The Bertz CT molecular complexity index is 995. The summed E-state index contributed by atoms with van der Waals surface area (Å²) >= 11 is 10.7. The molecule has 1 saturated heterocycles. The van der Waals surface area contributed by atoms with Gasteiger partial charge in [0.25, 0.3) is 11.1 Å². The number of carbonyl (C=O) groups is 2. The predicted octanol–water partition coefficient (Wildman–Crippen LogP) is 6.53. The topological polar surface area (TPSA) is 55.8 Å². The van der Waals surface area contributed by atoms with E-state index in [9.17, 15) is 9.59 Å². The minimum atomic E-state index is -0.261. The van der Waals surface area contributed by atoms with E-state index in [1.54, 1.807) is 25.3 Å². The molecule has 0 bridgehead atoms. The molecule has 0 aromatic heterocycles. The summed E-state index contributed by atoms with van der Waals surface area (Å²) in [6, 6.07) is 11.0. The first-order chi connectivity index (χ1) is 14.4. The Morgan fingerprint density at radius 2 is 1.97 bits per heavy atom. The average Bonchev–Trinajstić information content (AvgIpc) is 3.00. The van der Waals surface area contributed by atoms with Gasteiger partial charge in [-0.1, -0.05) is 59.1 Å². The Kier molecular flexibility index (Phi) is 7.86. The van der Waals surface area contributed by atoms with Gasteiger partial charge >= 0.3 is 0 Å². The van der Waals surface area contributed by atoms with Crippen LogP contribution in [-0.4, -0.2) is 29.7 Å². The predicted molar refractivity (Wildman–Crippen MR) is 124 cm³/mol. The molecule has 1 fully saturated rings. The number of carbonyl (C=O) groups excluding carboxylic acids is 2. The molecule has 0 radical (unpaired) electrons. The number of nitrogens with zero attached hydrogens (tertiary/aromatic N) is 1. The van der Waals surface area contributed by atoms with Gasteiger partial charge in [0.2, 0.25) is 0 Å². The largest absolute Gasteiger partial charge is 0.493 e. The molecule has 0 atom stereocenters. The van der Waals surface area contributed by atoms with Gasteiger partial charge < -0.3 is 9.47 Å². The molecule has 30 heavy (non-hydrogen) atoms. The lowest BCUT2D eigenvalue weighted by atomic mass is 10.1. The molecule has 0 spiro atoms. The zero-order valence-corrected chi connectivity index (χ0v) is 19.8. The van der Waals surface area contributed by atoms with Gasteiger partial charge in [0.15, 0.2) is 11.5 Å². The quantitative estimate of drug-likeness (QED) is 0.378. The number of imide groups is 1. The Morgan fingerprint density at radius 1 is 1.20 bits per heavy atom. The van der Waals surface area contributed by atoms with Crippen LogP contribution in [0.25, 0.3) is 6.08 Å². The molecule has 2 aromatic rings. The van der Waals surface area contributed by atoms with E-state index >= 15 is 0 Å². The molecule has 0 unspecified atom stereocenters. The normalized spacial score (nSPS) is 15.2. The van der Waals surface area contributed by atoms with Crippen molar-refractivity contribution in [3.63, 3.8) is 0 Å². The number of halogens is 2. The van der Waals surface area contributed by atoms with Gasteiger partial charge in [0.1, 0.15) is 6.61 Å². The highest BCUT2D eigenvalue weighted by molar-refractivity contribution is 9.10. The van der Waals surface area contributed by atoms with E-state index in [0.29, 0.717) is 28.0 Å². The van der Waals surface area contributed by atoms with Crippen molar-refractivity contribution in [1.29, 1.82) is 0 Å². The highest BCUT2D eigenvalue weighted by Crippen LogP contribution is 2.38. The molecule has 2 amide bonds. The second kappa shape index (κ2) is 10.4. The van der Waals surface area contributed by atoms with E-state index in [1.807, 2.05) is 31.2 Å². The maximum absolute atomic E-state index is 12.6. The fraction of sp³-hybridized carbons (Fsp3) is 0.273. The zero-order chi connectivity index (χ0) is 21.7. The number of rotatable bonds is 8. The smallest absolute Gasteiger partial charge is 0.293 e. The van der Waals surface area contributed by atoms with Crippen LogP contribution < -0.4 is 9.47 Å². The van der Waals surface area contributed by atoms with Gasteiger partial charge in [-0.05, 0) is 48.0 Å². The number of hydrogen-bond acceptors (Lipinski definition) is 5. The van der Waals surface area contributed by atoms with Crippen molar-refractivity contribution in [3.05, 3.63) is 61.9 Å². The van der Waals surface area contributed by atoms with Gasteiger partial charge in [-0.2, -0.15) is 0 Å². The molecule has 2 aromatic carbocycles. The Balaban J connectivity index is 1.82. The van der Waals surface area contributed by atoms with Crippen molar-refractivity contribution in [2.24, 2.45) is 0 Å². The molecule has 0 N–H and O–H groups in total. The summed E-state index contributed by atoms with van der Waals surface area (Å²) in [6.07, 6.45) is 3.40. The van der Waals surface area contributed by atoms with Crippen molar-refractivity contribution in [1.82, 2.24) is 4.90 Å². The van der Waals surface area contributed by atoms with Crippen LogP contribution >= 0.6 is 39.3 Å². The van der Waals surface area contributed by atoms with E-state index in [-0.39, 0.29) is 17.8 Å². The third-order valence-electron chi connectivity index (χ3n) is 4.52. The SMILES string of the molecule is CCCCN1C(=O)S/C(=C\c2cc(OC)c(OCc3ccccc3Cl)cc2Br)C1=O. The van der Waals surface area contributed by atoms with E-state index in [1.165, 1.54) is 4.90 Å². The van der Waals surface area contributed by atoms with Crippen LogP contribution in [0.1, 0.15) is 30.9 Å². The van der Waals surface area contributed by atoms with E-state index in [0.717, 1.165) is 40.2 Å². The number of ether oxygens (including phenoxy) is 2. The van der Waals surface area contributed by atoms with Crippen LogP contribution in [0, 0.1) is 0 Å². The number of benzene rings is 2. The van der Waals surface area contributed by atoms with Crippen molar-refractivity contribution in [3.8, 4) is 11.5 Å². The number of unbranched alkanes of at least 4 members (excludes halogenated alkanes) is 1. The summed E-state index contributed by atoms with van der Waals surface area (Å²) in [5, 5.41) is 0.397. The molecule has 1 heterocycles. The van der Waals surface area contributed by atoms with Gasteiger partial charge in [-0.3, -0.25) is 14.5 Å². The minimum Gasteiger partial charge on any atom is -0.493 e. The molecule has 1 aliphatic rings. The molecular weight excluding hydrogens is 490 g/mol. The summed E-state index contributed by atoms with van der Waals surface area (Å²) in [5.74, 6) is 0.794.